The highest BCUT2D eigenvalue weighted by Gasteiger charge is 2.20. The van der Waals surface area contributed by atoms with E-state index in [0.29, 0.717) is 5.82 Å². The molecule has 1 aliphatic heterocycles. The quantitative estimate of drug-likeness (QED) is 0.853. The third-order valence-corrected chi connectivity index (χ3v) is 3.50. The van der Waals surface area contributed by atoms with Crippen molar-refractivity contribution in [3.8, 4) is 0 Å². The van der Waals surface area contributed by atoms with Crippen LogP contribution in [0.15, 0.2) is 18.2 Å². The predicted molar refractivity (Wildman–Crippen MR) is 70.6 cm³/mol. The van der Waals surface area contributed by atoms with Crippen LogP contribution < -0.4 is 5.73 Å². The summed E-state index contributed by atoms with van der Waals surface area (Å²) in [5.74, 6) is 0.616. The fourth-order valence-electron chi connectivity index (χ4n) is 2.41. The van der Waals surface area contributed by atoms with Crippen molar-refractivity contribution >= 4 is 5.82 Å². The highest BCUT2D eigenvalue weighted by molar-refractivity contribution is 5.28. The van der Waals surface area contributed by atoms with Crippen molar-refractivity contribution in [1.29, 1.82) is 0 Å². The number of aromatic nitrogens is 1. The maximum Gasteiger partial charge on any atom is 0.123 e. The Morgan fingerprint density at radius 3 is 2.65 bits per heavy atom. The molecule has 0 spiro atoms. The van der Waals surface area contributed by atoms with Crippen LogP contribution in [0.5, 0.6) is 0 Å². The minimum atomic E-state index is 0.616. The number of nitrogens with two attached hydrogens (primary N) is 1. The first-order valence-electron chi connectivity index (χ1n) is 6.25. The molecule has 0 aliphatic carbocycles. The number of nitrogens with zero attached hydrogens (tertiary/aromatic N) is 3. The molecule has 4 nitrogen and oxygen atoms in total. The zero-order valence-electron chi connectivity index (χ0n) is 10.8. The molecule has 0 radical (unpaired) electrons. The average Bonchev–Trinajstić information content (AvgIpc) is 2.29. The molecule has 1 aromatic heterocycles. The molecule has 1 saturated heterocycles. The van der Waals surface area contributed by atoms with Gasteiger partial charge in [0.25, 0.3) is 0 Å². The Morgan fingerprint density at radius 1 is 1.35 bits per heavy atom. The normalized spacial score (nSPS) is 18.8. The summed E-state index contributed by atoms with van der Waals surface area (Å²) < 4.78 is 0. The molecule has 0 atom stereocenters. The maximum absolute atomic E-state index is 5.69. The van der Waals surface area contributed by atoms with Gasteiger partial charge < -0.3 is 10.6 Å². The van der Waals surface area contributed by atoms with Gasteiger partial charge in [-0.25, -0.2) is 4.98 Å². The molecule has 2 N–H and O–H groups in total. The molecule has 0 bridgehead atoms. The van der Waals surface area contributed by atoms with E-state index in [1.807, 2.05) is 18.2 Å². The summed E-state index contributed by atoms with van der Waals surface area (Å²) >= 11 is 0. The first kappa shape index (κ1) is 12.3. The van der Waals surface area contributed by atoms with Gasteiger partial charge in [-0.2, -0.15) is 0 Å². The van der Waals surface area contributed by atoms with Crippen LogP contribution in [0.4, 0.5) is 5.82 Å². The molecule has 0 unspecified atom stereocenters. The third-order valence-electron chi connectivity index (χ3n) is 3.50. The van der Waals surface area contributed by atoms with Crippen molar-refractivity contribution in [3.05, 3.63) is 23.9 Å². The van der Waals surface area contributed by atoms with E-state index in [0.717, 1.165) is 31.4 Å². The van der Waals surface area contributed by atoms with E-state index in [9.17, 15) is 0 Å². The van der Waals surface area contributed by atoms with Crippen molar-refractivity contribution in [2.45, 2.75) is 25.4 Å². The Morgan fingerprint density at radius 2 is 2.06 bits per heavy atom. The van der Waals surface area contributed by atoms with E-state index in [1.165, 1.54) is 12.8 Å². The number of likely N-dealkylation sites (tertiary alicyclic amines) is 1. The second kappa shape index (κ2) is 5.47. The van der Waals surface area contributed by atoms with Gasteiger partial charge >= 0.3 is 0 Å². The van der Waals surface area contributed by atoms with E-state index in [4.69, 9.17) is 5.73 Å². The summed E-state index contributed by atoms with van der Waals surface area (Å²) in [6, 6.07) is 6.60. The van der Waals surface area contributed by atoms with Gasteiger partial charge in [-0.3, -0.25) is 4.90 Å². The summed E-state index contributed by atoms with van der Waals surface area (Å²) in [7, 11) is 4.33. The van der Waals surface area contributed by atoms with Crippen molar-refractivity contribution in [3.63, 3.8) is 0 Å². The lowest BCUT2D eigenvalue weighted by Gasteiger charge is -2.34. The number of hydrogen-bond acceptors (Lipinski definition) is 4. The van der Waals surface area contributed by atoms with Crippen LogP contribution in [0, 0.1) is 0 Å². The molecular formula is C13H22N4. The Kier molecular flexibility index (Phi) is 3.97. The maximum atomic E-state index is 5.69. The largest absolute Gasteiger partial charge is 0.384 e. The SMILES string of the molecule is CN(C)C1CCN(Cc2cccc(N)n2)CC1. The van der Waals surface area contributed by atoms with E-state index >= 15 is 0 Å². The van der Waals surface area contributed by atoms with Crippen molar-refractivity contribution < 1.29 is 0 Å². The van der Waals surface area contributed by atoms with Gasteiger partial charge in [0.1, 0.15) is 5.82 Å². The fraction of sp³-hybridized carbons (Fsp3) is 0.615. The van der Waals surface area contributed by atoms with E-state index in [-0.39, 0.29) is 0 Å². The lowest BCUT2D eigenvalue weighted by molar-refractivity contribution is 0.139. The molecule has 0 amide bonds. The van der Waals surface area contributed by atoms with Crippen LogP contribution >= 0.6 is 0 Å². The number of piperidine rings is 1. The van der Waals surface area contributed by atoms with Gasteiger partial charge in [0.2, 0.25) is 0 Å². The molecule has 94 valence electrons. The Hall–Kier alpha value is -1.13. The number of pyridine rings is 1. The summed E-state index contributed by atoms with van der Waals surface area (Å²) in [5.41, 5.74) is 6.77. The van der Waals surface area contributed by atoms with Crippen LogP contribution in [0.2, 0.25) is 0 Å². The first-order valence-corrected chi connectivity index (χ1v) is 6.25. The van der Waals surface area contributed by atoms with Crippen LogP contribution in [0.25, 0.3) is 0 Å². The first-order chi connectivity index (χ1) is 8.15. The second-order valence-electron chi connectivity index (χ2n) is 5.02. The molecule has 1 fully saturated rings. The average molecular weight is 234 g/mol. The molecule has 0 aromatic carbocycles. The van der Waals surface area contributed by atoms with Crippen molar-refractivity contribution in [2.75, 3.05) is 32.9 Å². The molecule has 1 aliphatic rings. The lowest BCUT2D eigenvalue weighted by Crippen LogP contribution is -2.41. The molecule has 0 saturated carbocycles. The van der Waals surface area contributed by atoms with Gasteiger partial charge in [0.05, 0.1) is 5.69 Å². The van der Waals surface area contributed by atoms with Crippen molar-refractivity contribution in [2.24, 2.45) is 0 Å². The Labute approximate surface area is 103 Å². The predicted octanol–water partition coefficient (Wildman–Crippen LogP) is 1.19. The minimum absolute atomic E-state index is 0.616. The number of hydrogen-bond donors (Lipinski definition) is 1. The molecule has 2 heterocycles. The molecule has 1 aromatic rings. The topological polar surface area (TPSA) is 45.4 Å². The van der Waals surface area contributed by atoms with Crippen molar-refractivity contribution in [1.82, 2.24) is 14.8 Å². The Balaban J connectivity index is 1.86. The minimum Gasteiger partial charge on any atom is -0.384 e. The van der Waals surface area contributed by atoms with E-state index in [2.05, 4.69) is 28.9 Å². The zero-order valence-corrected chi connectivity index (χ0v) is 10.8. The van der Waals surface area contributed by atoms with Crippen LogP contribution in [-0.2, 0) is 6.54 Å². The fourth-order valence-corrected chi connectivity index (χ4v) is 2.41. The smallest absolute Gasteiger partial charge is 0.123 e. The molecular weight excluding hydrogens is 212 g/mol. The van der Waals surface area contributed by atoms with E-state index < -0.39 is 0 Å². The molecule has 2 rings (SSSR count). The second-order valence-corrected chi connectivity index (χ2v) is 5.02. The molecule has 17 heavy (non-hydrogen) atoms. The van der Waals surface area contributed by atoms with E-state index in [1.54, 1.807) is 0 Å². The standard InChI is InChI=1S/C13H22N4/c1-16(2)12-6-8-17(9-7-12)10-11-4-3-5-13(14)15-11/h3-5,12H,6-10H2,1-2H3,(H2,14,15). The van der Waals surface area contributed by atoms with Gasteiger partial charge in [-0.05, 0) is 39.1 Å². The highest BCUT2D eigenvalue weighted by Crippen LogP contribution is 2.16. The number of rotatable bonds is 3. The van der Waals surface area contributed by atoms with Gasteiger partial charge in [0, 0.05) is 25.7 Å². The van der Waals surface area contributed by atoms with Crippen LogP contribution in [0.3, 0.4) is 0 Å². The summed E-state index contributed by atoms with van der Waals surface area (Å²) in [4.78, 5) is 9.14. The van der Waals surface area contributed by atoms with Gasteiger partial charge in [-0.15, -0.1) is 0 Å². The molecule has 4 heteroatoms. The van der Waals surface area contributed by atoms with Gasteiger partial charge in [0.15, 0.2) is 0 Å². The van der Waals surface area contributed by atoms with Crippen LogP contribution in [0.1, 0.15) is 18.5 Å². The summed E-state index contributed by atoms with van der Waals surface area (Å²) in [6.07, 6.45) is 2.49. The Bertz CT molecular complexity index is 356. The summed E-state index contributed by atoms with van der Waals surface area (Å²) in [6.45, 7) is 3.23. The summed E-state index contributed by atoms with van der Waals surface area (Å²) in [5, 5.41) is 0. The number of nitrogen functional groups attached to an aromatic ring is 1. The lowest BCUT2D eigenvalue weighted by atomic mass is 10.0. The van der Waals surface area contributed by atoms with Crippen LogP contribution in [-0.4, -0.2) is 48.0 Å². The van der Waals surface area contributed by atoms with Gasteiger partial charge in [-0.1, -0.05) is 6.07 Å². The monoisotopic (exact) mass is 234 g/mol. The number of anilines is 1. The highest BCUT2D eigenvalue weighted by atomic mass is 15.2. The zero-order chi connectivity index (χ0) is 12.3. The third kappa shape index (κ3) is 3.41.